The first-order valence-electron chi connectivity index (χ1n) is 6.25. The van der Waals surface area contributed by atoms with E-state index in [1.807, 2.05) is 0 Å². The fourth-order valence-electron chi connectivity index (χ4n) is 1.92. The number of nitrogens with zero attached hydrogens (tertiary/aromatic N) is 2. The second kappa shape index (κ2) is 5.32. The normalized spacial score (nSPS) is 10.8. The summed E-state index contributed by atoms with van der Waals surface area (Å²) in [5.41, 5.74) is 7.13. The summed E-state index contributed by atoms with van der Waals surface area (Å²) >= 11 is 0. The zero-order valence-corrected chi connectivity index (χ0v) is 10.9. The van der Waals surface area contributed by atoms with Gasteiger partial charge >= 0.3 is 0 Å². The number of halogens is 2. The molecule has 0 spiro atoms. The molecule has 0 unspecified atom stereocenters. The molecule has 0 saturated heterocycles. The van der Waals surface area contributed by atoms with Gasteiger partial charge in [0, 0.05) is 16.8 Å². The molecule has 2 N–H and O–H groups in total. The molecule has 0 radical (unpaired) electrons. The van der Waals surface area contributed by atoms with Gasteiger partial charge in [-0.15, -0.1) is 0 Å². The number of nitrogen functional groups attached to an aromatic ring is 1. The highest BCUT2D eigenvalue weighted by Gasteiger charge is 2.13. The Hall–Kier alpha value is -2.76. The standard InChI is InChI=1S/C15H11F2N3O/c16-12-3-1-2-10(14(12)17)8-13-19-15(20-21-13)9-4-6-11(18)7-5-9/h1-7H,8,18H2. The van der Waals surface area contributed by atoms with Crippen molar-refractivity contribution in [2.24, 2.45) is 0 Å². The molecule has 2 aromatic carbocycles. The van der Waals surface area contributed by atoms with E-state index in [9.17, 15) is 8.78 Å². The number of nitrogens with two attached hydrogens (primary N) is 1. The minimum absolute atomic E-state index is 0.0333. The number of hydrogen-bond donors (Lipinski definition) is 1. The number of anilines is 1. The lowest BCUT2D eigenvalue weighted by Crippen LogP contribution is -1.95. The van der Waals surface area contributed by atoms with Crippen molar-refractivity contribution >= 4 is 5.69 Å². The Morgan fingerprint density at radius 1 is 1.05 bits per heavy atom. The van der Waals surface area contributed by atoms with E-state index in [2.05, 4.69) is 10.1 Å². The predicted octanol–water partition coefficient (Wildman–Crippen LogP) is 3.19. The van der Waals surface area contributed by atoms with Crippen LogP contribution in [0, 0.1) is 11.6 Å². The highest BCUT2D eigenvalue weighted by Crippen LogP contribution is 2.20. The van der Waals surface area contributed by atoms with E-state index in [-0.39, 0.29) is 17.9 Å². The summed E-state index contributed by atoms with van der Waals surface area (Å²) in [4.78, 5) is 4.17. The maximum absolute atomic E-state index is 13.6. The molecule has 0 aliphatic heterocycles. The van der Waals surface area contributed by atoms with E-state index in [1.165, 1.54) is 12.1 Å². The smallest absolute Gasteiger partial charge is 0.231 e. The van der Waals surface area contributed by atoms with Crippen LogP contribution in [-0.4, -0.2) is 10.1 Å². The van der Waals surface area contributed by atoms with Crippen LogP contribution in [0.25, 0.3) is 11.4 Å². The molecule has 0 aliphatic carbocycles. The Labute approximate surface area is 119 Å². The van der Waals surface area contributed by atoms with Crippen molar-refractivity contribution in [2.45, 2.75) is 6.42 Å². The van der Waals surface area contributed by atoms with Crippen LogP contribution < -0.4 is 5.73 Å². The van der Waals surface area contributed by atoms with E-state index in [0.29, 0.717) is 11.5 Å². The summed E-state index contributed by atoms with van der Waals surface area (Å²) in [5.74, 6) is -1.20. The van der Waals surface area contributed by atoms with E-state index >= 15 is 0 Å². The Kier molecular flexibility index (Phi) is 3.35. The topological polar surface area (TPSA) is 64.9 Å². The van der Waals surface area contributed by atoms with Crippen molar-refractivity contribution in [1.82, 2.24) is 10.1 Å². The summed E-state index contributed by atoms with van der Waals surface area (Å²) in [6.07, 6.45) is 0.0333. The average Bonchev–Trinajstić information content (AvgIpc) is 2.93. The molecule has 3 aromatic rings. The molecule has 0 fully saturated rings. The SMILES string of the molecule is Nc1ccc(-c2noc(Cc3cccc(F)c3F)n2)cc1. The van der Waals surface area contributed by atoms with Crippen LogP contribution in [0.15, 0.2) is 47.0 Å². The predicted molar refractivity (Wildman–Crippen MR) is 73.3 cm³/mol. The van der Waals surface area contributed by atoms with Crippen LogP contribution in [0.4, 0.5) is 14.5 Å². The Morgan fingerprint density at radius 3 is 2.57 bits per heavy atom. The summed E-state index contributed by atoms with van der Waals surface area (Å²) in [6, 6.07) is 10.9. The maximum atomic E-state index is 13.6. The van der Waals surface area contributed by atoms with Gasteiger partial charge in [0.05, 0.1) is 6.42 Å². The third-order valence-corrected chi connectivity index (χ3v) is 3.01. The summed E-state index contributed by atoms with van der Waals surface area (Å²) in [7, 11) is 0. The second-order valence-corrected chi connectivity index (χ2v) is 4.52. The lowest BCUT2D eigenvalue weighted by molar-refractivity contribution is 0.383. The van der Waals surface area contributed by atoms with Gasteiger partial charge in [-0.1, -0.05) is 17.3 Å². The van der Waals surface area contributed by atoms with Gasteiger partial charge in [0.15, 0.2) is 11.6 Å². The molecule has 6 heteroatoms. The van der Waals surface area contributed by atoms with Crippen molar-refractivity contribution < 1.29 is 13.3 Å². The Morgan fingerprint density at radius 2 is 1.81 bits per heavy atom. The van der Waals surface area contributed by atoms with Crippen LogP contribution in [0.5, 0.6) is 0 Å². The monoisotopic (exact) mass is 287 g/mol. The van der Waals surface area contributed by atoms with Crippen molar-refractivity contribution in [3.63, 3.8) is 0 Å². The number of benzene rings is 2. The molecular formula is C15H11F2N3O. The van der Waals surface area contributed by atoms with E-state index in [1.54, 1.807) is 24.3 Å². The van der Waals surface area contributed by atoms with E-state index in [0.717, 1.165) is 11.6 Å². The zero-order chi connectivity index (χ0) is 14.8. The van der Waals surface area contributed by atoms with Crippen molar-refractivity contribution in [3.05, 3.63) is 65.6 Å². The van der Waals surface area contributed by atoms with Gasteiger partial charge in [-0.3, -0.25) is 0 Å². The fraction of sp³-hybridized carbons (Fsp3) is 0.0667. The number of hydrogen-bond acceptors (Lipinski definition) is 4. The zero-order valence-electron chi connectivity index (χ0n) is 10.9. The molecule has 0 aliphatic rings. The van der Waals surface area contributed by atoms with Crippen molar-refractivity contribution in [3.8, 4) is 11.4 Å². The molecule has 0 atom stereocenters. The lowest BCUT2D eigenvalue weighted by Gasteiger charge is -1.99. The molecule has 0 bridgehead atoms. The molecule has 1 aromatic heterocycles. The maximum Gasteiger partial charge on any atom is 0.231 e. The Balaban J connectivity index is 1.85. The molecule has 21 heavy (non-hydrogen) atoms. The molecular weight excluding hydrogens is 276 g/mol. The second-order valence-electron chi connectivity index (χ2n) is 4.52. The fourth-order valence-corrected chi connectivity index (χ4v) is 1.92. The quantitative estimate of drug-likeness (QED) is 0.751. The van der Waals surface area contributed by atoms with E-state index in [4.69, 9.17) is 10.3 Å². The average molecular weight is 287 g/mol. The van der Waals surface area contributed by atoms with Gasteiger partial charge in [0.1, 0.15) is 0 Å². The minimum atomic E-state index is -0.898. The number of aromatic nitrogens is 2. The van der Waals surface area contributed by atoms with Gasteiger partial charge in [0.2, 0.25) is 11.7 Å². The van der Waals surface area contributed by atoms with Crippen molar-refractivity contribution in [2.75, 3.05) is 5.73 Å². The number of rotatable bonds is 3. The molecule has 3 rings (SSSR count). The summed E-state index contributed by atoms with van der Waals surface area (Å²) < 4.78 is 31.8. The van der Waals surface area contributed by atoms with Crippen LogP contribution in [0.2, 0.25) is 0 Å². The van der Waals surface area contributed by atoms with Crippen LogP contribution >= 0.6 is 0 Å². The third-order valence-electron chi connectivity index (χ3n) is 3.01. The molecule has 106 valence electrons. The third kappa shape index (κ3) is 2.74. The minimum Gasteiger partial charge on any atom is -0.399 e. The summed E-state index contributed by atoms with van der Waals surface area (Å²) in [5, 5.41) is 3.82. The lowest BCUT2D eigenvalue weighted by atomic mass is 10.1. The van der Waals surface area contributed by atoms with E-state index < -0.39 is 11.6 Å². The molecule has 4 nitrogen and oxygen atoms in total. The van der Waals surface area contributed by atoms with Gasteiger partial charge < -0.3 is 10.3 Å². The van der Waals surface area contributed by atoms with Crippen LogP contribution in [0.1, 0.15) is 11.5 Å². The van der Waals surface area contributed by atoms with Gasteiger partial charge in [-0.2, -0.15) is 4.98 Å². The molecule has 1 heterocycles. The molecule has 0 saturated carbocycles. The first-order chi connectivity index (χ1) is 10.1. The largest absolute Gasteiger partial charge is 0.399 e. The van der Waals surface area contributed by atoms with Crippen molar-refractivity contribution in [1.29, 1.82) is 0 Å². The summed E-state index contributed by atoms with van der Waals surface area (Å²) in [6.45, 7) is 0. The van der Waals surface area contributed by atoms with Gasteiger partial charge in [-0.05, 0) is 30.3 Å². The first kappa shape index (κ1) is 13.2. The van der Waals surface area contributed by atoms with Crippen LogP contribution in [-0.2, 0) is 6.42 Å². The van der Waals surface area contributed by atoms with Gasteiger partial charge in [-0.25, -0.2) is 8.78 Å². The Bertz CT molecular complexity index is 769. The highest BCUT2D eigenvalue weighted by molar-refractivity contribution is 5.58. The van der Waals surface area contributed by atoms with Crippen LogP contribution in [0.3, 0.4) is 0 Å². The van der Waals surface area contributed by atoms with Gasteiger partial charge in [0.25, 0.3) is 0 Å². The first-order valence-corrected chi connectivity index (χ1v) is 6.25. The molecule has 0 amide bonds. The highest BCUT2D eigenvalue weighted by atomic mass is 19.2.